The van der Waals surface area contributed by atoms with Crippen LogP contribution >= 0.6 is 11.6 Å². The van der Waals surface area contributed by atoms with Crippen molar-refractivity contribution in [1.82, 2.24) is 10.2 Å². The zero-order valence-electron chi connectivity index (χ0n) is 11.7. The molecule has 1 aromatic carbocycles. The molecule has 1 heterocycles. The molecule has 1 aliphatic heterocycles. The fourth-order valence-corrected chi connectivity index (χ4v) is 2.26. The normalized spacial score (nSPS) is 17.2. The molecule has 2 rings (SSSR count). The van der Waals surface area contributed by atoms with E-state index < -0.39 is 0 Å². The summed E-state index contributed by atoms with van der Waals surface area (Å²) in [6, 6.07) is 6.19. The van der Waals surface area contributed by atoms with E-state index >= 15 is 0 Å². The summed E-state index contributed by atoms with van der Waals surface area (Å²) in [5.41, 5.74) is 0.653. The van der Waals surface area contributed by atoms with Crippen LogP contribution in [0.4, 0.5) is 10.5 Å². The van der Waals surface area contributed by atoms with Gasteiger partial charge in [-0.05, 0) is 24.3 Å². The average molecular weight is 314 g/mol. The van der Waals surface area contributed by atoms with Crippen LogP contribution in [0.25, 0.3) is 0 Å². The smallest absolute Gasteiger partial charge is 0.319 e. The summed E-state index contributed by atoms with van der Waals surface area (Å²) in [5.74, 6) is 0. The maximum atomic E-state index is 11.9. The van der Waals surface area contributed by atoms with E-state index in [1.165, 1.54) is 0 Å². The number of halogens is 1. The van der Waals surface area contributed by atoms with E-state index in [-0.39, 0.29) is 18.7 Å². The van der Waals surface area contributed by atoms with Crippen LogP contribution in [0.1, 0.15) is 0 Å². The number of morpholine rings is 1. The summed E-state index contributed by atoms with van der Waals surface area (Å²) in [7, 11) is 0. The van der Waals surface area contributed by atoms with E-state index in [2.05, 4.69) is 15.5 Å². The maximum Gasteiger partial charge on any atom is 0.319 e. The van der Waals surface area contributed by atoms with Crippen molar-refractivity contribution in [2.75, 3.05) is 44.8 Å². The number of ether oxygens (including phenoxy) is 1. The number of carbonyl (C=O) groups excluding carboxylic acids is 1. The number of hydrogen-bond donors (Lipinski definition) is 3. The fraction of sp³-hybridized carbons (Fsp3) is 0.500. The molecule has 116 valence electrons. The molecular weight excluding hydrogens is 294 g/mol. The van der Waals surface area contributed by atoms with Crippen molar-refractivity contribution < 1.29 is 14.6 Å². The van der Waals surface area contributed by atoms with Crippen LogP contribution in [0.15, 0.2) is 24.3 Å². The van der Waals surface area contributed by atoms with Crippen LogP contribution in [-0.4, -0.2) is 61.5 Å². The fourth-order valence-electron chi connectivity index (χ4n) is 2.13. The second-order valence-corrected chi connectivity index (χ2v) is 5.33. The molecule has 0 saturated carbocycles. The average Bonchev–Trinajstić information content (AvgIpc) is 2.50. The van der Waals surface area contributed by atoms with Crippen molar-refractivity contribution in [3.05, 3.63) is 29.3 Å². The molecule has 6 nitrogen and oxygen atoms in total. The monoisotopic (exact) mass is 313 g/mol. The number of anilines is 1. The van der Waals surface area contributed by atoms with Gasteiger partial charge in [-0.25, -0.2) is 4.79 Å². The lowest BCUT2D eigenvalue weighted by atomic mass is 10.2. The number of amides is 2. The summed E-state index contributed by atoms with van der Waals surface area (Å²) in [6.07, 6.45) is 0. The summed E-state index contributed by atoms with van der Waals surface area (Å²) in [5, 5.41) is 15.5. The molecule has 1 atom stereocenters. The molecule has 3 N–H and O–H groups in total. The molecule has 1 fully saturated rings. The van der Waals surface area contributed by atoms with Gasteiger partial charge in [0.2, 0.25) is 0 Å². The summed E-state index contributed by atoms with van der Waals surface area (Å²) < 4.78 is 5.27. The molecule has 1 aromatic rings. The Labute approximate surface area is 129 Å². The van der Waals surface area contributed by atoms with Gasteiger partial charge in [-0.15, -0.1) is 0 Å². The Morgan fingerprint density at radius 3 is 2.62 bits per heavy atom. The molecule has 1 unspecified atom stereocenters. The van der Waals surface area contributed by atoms with Crippen LogP contribution in [0.5, 0.6) is 0 Å². The Balaban J connectivity index is 1.79. The van der Waals surface area contributed by atoms with Gasteiger partial charge in [0.05, 0.1) is 25.9 Å². The summed E-state index contributed by atoms with van der Waals surface area (Å²) >= 11 is 5.79. The first kappa shape index (κ1) is 16.0. The number of benzene rings is 1. The van der Waals surface area contributed by atoms with Crippen LogP contribution < -0.4 is 10.6 Å². The minimum atomic E-state index is -0.343. The van der Waals surface area contributed by atoms with E-state index in [0.29, 0.717) is 30.5 Å². The molecule has 0 spiro atoms. The maximum absolute atomic E-state index is 11.9. The SMILES string of the molecule is O=C(Nc1ccc(Cl)cc1)NC(CO)CN1CCOCC1. The highest BCUT2D eigenvalue weighted by atomic mass is 35.5. The van der Waals surface area contributed by atoms with Gasteiger partial charge in [0.1, 0.15) is 0 Å². The molecule has 1 saturated heterocycles. The Kier molecular flexibility index (Phi) is 6.25. The van der Waals surface area contributed by atoms with Crippen molar-refractivity contribution in [3.63, 3.8) is 0 Å². The van der Waals surface area contributed by atoms with Crippen molar-refractivity contribution >= 4 is 23.3 Å². The van der Waals surface area contributed by atoms with Crippen molar-refractivity contribution in [1.29, 1.82) is 0 Å². The number of hydrogen-bond acceptors (Lipinski definition) is 4. The third-order valence-electron chi connectivity index (χ3n) is 3.24. The molecular formula is C14H20ClN3O3. The van der Waals surface area contributed by atoms with Gasteiger partial charge in [0, 0.05) is 30.3 Å². The zero-order valence-corrected chi connectivity index (χ0v) is 12.5. The minimum absolute atomic E-state index is 0.106. The number of carbonyl (C=O) groups is 1. The zero-order chi connectivity index (χ0) is 15.1. The number of aliphatic hydroxyl groups is 1. The number of nitrogens with zero attached hydrogens (tertiary/aromatic N) is 1. The largest absolute Gasteiger partial charge is 0.394 e. The van der Waals surface area contributed by atoms with Crippen LogP contribution in [0.2, 0.25) is 5.02 Å². The van der Waals surface area contributed by atoms with Gasteiger partial charge in [0.15, 0.2) is 0 Å². The molecule has 1 aliphatic rings. The number of aliphatic hydroxyl groups excluding tert-OH is 1. The summed E-state index contributed by atoms with van der Waals surface area (Å²) in [4.78, 5) is 14.1. The highest BCUT2D eigenvalue weighted by Crippen LogP contribution is 2.13. The molecule has 0 aliphatic carbocycles. The van der Waals surface area contributed by atoms with Crippen LogP contribution in [0.3, 0.4) is 0 Å². The number of rotatable bonds is 5. The van der Waals surface area contributed by atoms with E-state index in [1.807, 2.05) is 0 Å². The lowest BCUT2D eigenvalue weighted by Gasteiger charge is -2.30. The molecule has 0 bridgehead atoms. The predicted molar refractivity (Wildman–Crippen MR) is 81.7 cm³/mol. The van der Waals surface area contributed by atoms with E-state index in [4.69, 9.17) is 16.3 Å². The first-order valence-electron chi connectivity index (χ1n) is 6.91. The van der Waals surface area contributed by atoms with Crippen molar-refractivity contribution in [2.24, 2.45) is 0 Å². The Morgan fingerprint density at radius 2 is 2.00 bits per heavy atom. The predicted octanol–water partition coefficient (Wildman–Crippen LogP) is 1.15. The van der Waals surface area contributed by atoms with Gasteiger partial charge >= 0.3 is 6.03 Å². The molecule has 2 amide bonds. The van der Waals surface area contributed by atoms with Crippen molar-refractivity contribution in [3.8, 4) is 0 Å². The highest BCUT2D eigenvalue weighted by molar-refractivity contribution is 6.30. The first-order valence-corrected chi connectivity index (χ1v) is 7.29. The van der Waals surface area contributed by atoms with Gasteiger partial charge in [0.25, 0.3) is 0 Å². The third kappa shape index (κ3) is 5.51. The third-order valence-corrected chi connectivity index (χ3v) is 3.49. The number of nitrogens with one attached hydrogen (secondary N) is 2. The van der Waals surface area contributed by atoms with E-state index in [1.54, 1.807) is 24.3 Å². The summed E-state index contributed by atoms with van der Waals surface area (Å²) in [6.45, 7) is 3.51. The Morgan fingerprint density at radius 1 is 1.33 bits per heavy atom. The standard InChI is InChI=1S/C14H20ClN3O3/c15-11-1-3-12(4-2-11)16-14(20)17-13(10-19)9-18-5-7-21-8-6-18/h1-4,13,19H,5-10H2,(H2,16,17,20). The Hall–Kier alpha value is -1.34. The van der Waals surface area contributed by atoms with Crippen LogP contribution in [0, 0.1) is 0 Å². The lowest BCUT2D eigenvalue weighted by molar-refractivity contribution is 0.0308. The lowest BCUT2D eigenvalue weighted by Crippen LogP contribution is -2.49. The van der Waals surface area contributed by atoms with E-state index in [0.717, 1.165) is 13.1 Å². The molecule has 0 aromatic heterocycles. The van der Waals surface area contributed by atoms with E-state index in [9.17, 15) is 9.90 Å². The Bertz CT molecular complexity index is 449. The molecule has 0 radical (unpaired) electrons. The van der Waals surface area contributed by atoms with Crippen molar-refractivity contribution in [2.45, 2.75) is 6.04 Å². The quantitative estimate of drug-likeness (QED) is 0.762. The second-order valence-electron chi connectivity index (χ2n) is 4.90. The first-order chi connectivity index (χ1) is 10.2. The highest BCUT2D eigenvalue weighted by Gasteiger charge is 2.17. The van der Waals surface area contributed by atoms with Gasteiger partial charge in [-0.1, -0.05) is 11.6 Å². The van der Waals surface area contributed by atoms with Gasteiger partial charge in [-0.3, -0.25) is 4.90 Å². The van der Waals surface area contributed by atoms with Crippen LogP contribution in [-0.2, 0) is 4.74 Å². The molecule has 7 heteroatoms. The second kappa shape index (κ2) is 8.19. The van der Waals surface area contributed by atoms with Gasteiger partial charge in [-0.2, -0.15) is 0 Å². The number of urea groups is 1. The minimum Gasteiger partial charge on any atom is -0.394 e. The topological polar surface area (TPSA) is 73.8 Å². The van der Waals surface area contributed by atoms with Gasteiger partial charge < -0.3 is 20.5 Å². The molecule has 21 heavy (non-hydrogen) atoms.